The Balaban J connectivity index is 1.39. The number of ether oxygens (including phenoxy) is 1. The third-order valence-electron chi connectivity index (χ3n) is 7.26. The number of fused-ring (bicyclic) bond motifs is 2. The van der Waals surface area contributed by atoms with Crippen LogP contribution in [0.15, 0.2) is 24.4 Å². The Labute approximate surface area is 203 Å². The summed E-state index contributed by atoms with van der Waals surface area (Å²) in [6.07, 6.45) is 4.10. The molecular formula is C25H31FN8O. The van der Waals surface area contributed by atoms with Crippen molar-refractivity contribution in [2.24, 2.45) is 0 Å². The molecule has 10 heteroatoms. The lowest BCUT2D eigenvalue weighted by Crippen LogP contribution is -2.41. The van der Waals surface area contributed by atoms with E-state index in [9.17, 15) is 0 Å². The van der Waals surface area contributed by atoms with Gasteiger partial charge in [-0.05, 0) is 45.1 Å². The van der Waals surface area contributed by atoms with Crippen LogP contribution in [0.5, 0.6) is 0 Å². The number of rotatable bonds is 5. The number of anilines is 1. The van der Waals surface area contributed by atoms with Gasteiger partial charge in [-0.25, -0.2) is 19.3 Å². The SMILES string of the molecule is CN(C)C1CCN(Cc2nc3nc(-c4c(F)ccc5[nH]ccc45)nc(N4CCOCC4)c3[nH]2)CC1. The van der Waals surface area contributed by atoms with Crippen molar-refractivity contribution in [2.45, 2.75) is 25.4 Å². The summed E-state index contributed by atoms with van der Waals surface area (Å²) in [6.45, 7) is 5.50. The fourth-order valence-corrected chi connectivity index (χ4v) is 5.26. The molecule has 6 rings (SSSR count). The molecule has 1 aromatic carbocycles. The van der Waals surface area contributed by atoms with Crippen molar-refractivity contribution in [2.75, 3.05) is 58.4 Å². The van der Waals surface area contributed by atoms with E-state index in [-0.39, 0.29) is 5.82 Å². The molecule has 2 aliphatic heterocycles. The first-order valence-electron chi connectivity index (χ1n) is 12.3. The minimum atomic E-state index is -0.344. The molecule has 35 heavy (non-hydrogen) atoms. The highest BCUT2D eigenvalue weighted by Crippen LogP contribution is 2.33. The Hall–Kier alpha value is -3.08. The maximum absolute atomic E-state index is 15.1. The van der Waals surface area contributed by atoms with Crippen LogP contribution in [0.1, 0.15) is 18.7 Å². The van der Waals surface area contributed by atoms with Crippen LogP contribution >= 0.6 is 0 Å². The van der Waals surface area contributed by atoms with E-state index in [2.05, 4.69) is 38.8 Å². The molecule has 0 saturated carbocycles. The van der Waals surface area contributed by atoms with Gasteiger partial charge in [-0.3, -0.25) is 4.90 Å². The van der Waals surface area contributed by atoms with Gasteiger partial charge in [0.15, 0.2) is 17.3 Å². The van der Waals surface area contributed by atoms with Crippen LogP contribution in [0.25, 0.3) is 33.5 Å². The zero-order valence-corrected chi connectivity index (χ0v) is 20.2. The highest BCUT2D eigenvalue weighted by atomic mass is 19.1. The Morgan fingerprint density at radius 3 is 2.63 bits per heavy atom. The standard InChI is InChI=1S/C25H31FN8O/c1-32(2)16-6-9-33(10-7-16)15-20-28-22-24(29-20)30-23(31-25(22)34-11-13-35-14-12-34)21-17-5-8-27-19(17)4-3-18(21)26/h3-5,8,16,27H,6-7,9-15H2,1-2H3,(H,28,29,30,31). The van der Waals surface area contributed by atoms with Crippen molar-refractivity contribution in [3.63, 3.8) is 0 Å². The maximum atomic E-state index is 15.1. The van der Waals surface area contributed by atoms with Crippen molar-refractivity contribution in [1.82, 2.24) is 34.7 Å². The highest BCUT2D eigenvalue weighted by Gasteiger charge is 2.25. The Bertz CT molecular complexity index is 1330. The van der Waals surface area contributed by atoms with Crippen molar-refractivity contribution in [1.29, 1.82) is 0 Å². The number of aromatic amines is 2. The summed E-state index contributed by atoms with van der Waals surface area (Å²) < 4.78 is 20.7. The van der Waals surface area contributed by atoms with Crippen LogP contribution < -0.4 is 4.90 Å². The van der Waals surface area contributed by atoms with Gasteiger partial charge in [0, 0.05) is 49.3 Å². The average molecular weight is 479 g/mol. The minimum absolute atomic E-state index is 0.344. The van der Waals surface area contributed by atoms with Crippen molar-refractivity contribution < 1.29 is 9.13 Å². The number of hydrogen-bond acceptors (Lipinski definition) is 7. The van der Waals surface area contributed by atoms with Gasteiger partial charge in [0.25, 0.3) is 0 Å². The van der Waals surface area contributed by atoms with Crippen LogP contribution in [0, 0.1) is 5.82 Å². The second-order valence-electron chi connectivity index (χ2n) is 9.68. The van der Waals surface area contributed by atoms with E-state index in [1.54, 1.807) is 12.3 Å². The predicted molar refractivity (Wildman–Crippen MR) is 134 cm³/mol. The number of halogens is 1. The van der Waals surface area contributed by atoms with E-state index >= 15 is 4.39 Å². The fourth-order valence-electron chi connectivity index (χ4n) is 5.26. The van der Waals surface area contributed by atoms with E-state index in [4.69, 9.17) is 19.7 Å². The van der Waals surface area contributed by atoms with Crippen molar-refractivity contribution in [3.05, 3.63) is 36.0 Å². The Kier molecular flexibility index (Phi) is 5.87. The van der Waals surface area contributed by atoms with E-state index in [0.717, 1.165) is 73.6 Å². The number of H-pyrrole nitrogens is 2. The zero-order valence-electron chi connectivity index (χ0n) is 20.2. The largest absolute Gasteiger partial charge is 0.378 e. The lowest BCUT2D eigenvalue weighted by molar-refractivity contribution is 0.122. The molecule has 2 fully saturated rings. The van der Waals surface area contributed by atoms with Gasteiger partial charge in [0.1, 0.15) is 17.2 Å². The number of imidazole rings is 1. The molecule has 3 aromatic heterocycles. The first-order valence-corrected chi connectivity index (χ1v) is 12.3. The van der Waals surface area contributed by atoms with E-state index in [1.165, 1.54) is 6.07 Å². The van der Waals surface area contributed by atoms with Crippen molar-refractivity contribution in [3.8, 4) is 11.4 Å². The Morgan fingerprint density at radius 2 is 1.86 bits per heavy atom. The zero-order chi connectivity index (χ0) is 23.9. The first kappa shape index (κ1) is 22.4. The number of morpholine rings is 1. The molecule has 184 valence electrons. The number of nitrogens with zero attached hydrogens (tertiary/aromatic N) is 6. The van der Waals surface area contributed by atoms with Gasteiger partial charge >= 0.3 is 0 Å². The maximum Gasteiger partial charge on any atom is 0.183 e. The summed E-state index contributed by atoms with van der Waals surface area (Å²) in [5, 5.41) is 0.761. The van der Waals surface area contributed by atoms with Gasteiger partial charge in [0.2, 0.25) is 0 Å². The van der Waals surface area contributed by atoms with Crippen LogP contribution in [-0.4, -0.2) is 94.2 Å². The van der Waals surface area contributed by atoms with Gasteiger partial charge in [0.05, 0.1) is 25.3 Å². The molecule has 2 aliphatic rings. The first-order chi connectivity index (χ1) is 17.1. The fraction of sp³-hybridized carbons (Fsp3) is 0.480. The molecule has 5 heterocycles. The summed E-state index contributed by atoms with van der Waals surface area (Å²) in [5.74, 6) is 1.63. The molecule has 2 N–H and O–H groups in total. The predicted octanol–water partition coefficient (Wildman–Crippen LogP) is 3.00. The molecule has 0 spiro atoms. The number of nitrogens with one attached hydrogen (secondary N) is 2. The summed E-state index contributed by atoms with van der Waals surface area (Å²) in [7, 11) is 4.31. The molecule has 4 aromatic rings. The Morgan fingerprint density at radius 1 is 1.06 bits per heavy atom. The van der Waals surface area contributed by atoms with Crippen LogP contribution in [0.4, 0.5) is 10.2 Å². The van der Waals surface area contributed by atoms with Gasteiger partial charge < -0.3 is 24.5 Å². The second-order valence-corrected chi connectivity index (χ2v) is 9.68. The molecule has 0 radical (unpaired) electrons. The van der Waals surface area contributed by atoms with Crippen molar-refractivity contribution >= 4 is 27.9 Å². The quantitative estimate of drug-likeness (QED) is 0.456. The molecule has 2 saturated heterocycles. The molecular weight excluding hydrogens is 447 g/mol. The number of likely N-dealkylation sites (tertiary alicyclic amines) is 1. The lowest BCUT2D eigenvalue weighted by atomic mass is 10.0. The van der Waals surface area contributed by atoms with Gasteiger partial charge in [-0.2, -0.15) is 0 Å². The number of benzene rings is 1. The average Bonchev–Trinajstić information content (AvgIpc) is 3.51. The summed E-state index contributed by atoms with van der Waals surface area (Å²) in [5.41, 5.74) is 2.62. The topological polar surface area (TPSA) is 89.2 Å². The molecule has 0 unspecified atom stereocenters. The lowest BCUT2D eigenvalue weighted by Gasteiger charge is -2.34. The minimum Gasteiger partial charge on any atom is -0.378 e. The molecule has 0 aliphatic carbocycles. The van der Waals surface area contributed by atoms with E-state index in [1.807, 2.05) is 6.07 Å². The molecule has 0 bridgehead atoms. The summed E-state index contributed by atoms with van der Waals surface area (Å²) >= 11 is 0. The second kappa shape index (κ2) is 9.18. The van der Waals surface area contributed by atoms with Crippen LogP contribution in [-0.2, 0) is 11.3 Å². The summed E-state index contributed by atoms with van der Waals surface area (Å²) in [6, 6.07) is 5.70. The molecule has 0 atom stereocenters. The van der Waals surface area contributed by atoms with Gasteiger partial charge in [-0.1, -0.05) is 0 Å². The molecule has 9 nitrogen and oxygen atoms in total. The number of aromatic nitrogens is 5. The van der Waals surface area contributed by atoms with E-state index in [0.29, 0.717) is 36.3 Å². The van der Waals surface area contributed by atoms with E-state index < -0.39 is 0 Å². The monoisotopic (exact) mass is 478 g/mol. The smallest absolute Gasteiger partial charge is 0.183 e. The van der Waals surface area contributed by atoms with Gasteiger partial charge in [-0.15, -0.1) is 0 Å². The number of piperidine rings is 1. The summed E-state index contributed by atoms with van der Waals surface area (Å²) in [4.78, 5) is 28.1. The normalized spacial score (nSPS) is 18.3. The number of hydrogen-bond donors (Lipinski definition) is 2. The third kappa shape index (κ3) is 4.26. The van der Waals surface area contributed by atoms with Crippen LogP contribution in [0.2, 0.25) is 0 Å². The highest BCUT2D eigenvalue weighted by molar-refractivity contribution is 5.95. The van der Waals surface area contributed by atoms with Crippen LogP contribution in [0.3, 0.4) is 0 Å². The third-order valence-corrected chi connectivity index (χ3v) is 7.26. The molecule has 0 amide bonds.